The monoisotopic (exact) mass is 262 g/mol. The molecule has 0 atom stereocenters. The van der Waals surface area contributed by atoms with Crippen molar-refractivity contribution in [3.05, 3.63) is 53.0 Å². The highest BCUT2D eigenvalue weighted by molar-refractivity contribution is 5.94. The number of rotatable bonds is 4. The lowest BCUT2D eigenvalue weighted by Gasteiger charge is -2.04. The smallest absolute Gasteiger partial charge is 0.254 e. The van der Waals surface area contributed by atoms with E-state index in [1.165, 1.54) is 12.1 Å². The van der Waals surface area contributed by atoms with Gasteiger partial charge in [0, 0.05) is 6.42 Å². The number of hydrogen-bond donors (Lipinski definition) is 1. The van der Waals surface area contributed by atoms with Gasteiger partial charge in [-0.05, 0) is 24.6 Å². The van der Waals surface area contributed by atoms with Crippen molar-refractivity contribution in [2.24, 2.45) is 0 Å². The molecule has 1 aromatic heterocycles. The van der Waals surface area contributed by atoms with E-state index in [1.54, 1.807) is 19.2 Å². The van der Waals surface area contributed by atoms with Crippen LogP contribution in [0.2, 0.25) is 0 Å². The van der Waals surface area contributed by atoms with Gasteiger partial charge in [0.25, 0.3) is 5.91 Å². The zero-order valence-corrected chi connectivity index (χ0v) is 10.9. The summed E-state index contributed by atoms with van der Waals surface area (Å²) in [5.74, 6) is 0.163. The normalized spacial score (nSPS) is 10.5. The van der Waals surface area contributed by atoms with Gasteiger partial charge >= 0.3 is 0 Å². The van der Waals surface area contributed by atoms with Gasteiger partial charge in [-0.2, -0.15) is 0 Å². The molecule has 0 aliphatic carbocycles. The number of amides is 1. The third-order valence-electron chi connectivity index (χ3n) is 2.72. The van der Waals surface area contributed by atoms with Gasteiger partial charge in [0.15, 0.2) is 0 Å². The highest BCUT2D eigenvalue weighted by atomic mass is 19.1. The van der Waals surface area contributed by atoms with Crippen LogP contribution >= 0.6 is 0 Å². The molecule has 0 fully saturated rings. The molecular weight excluding hydrogens is 247 g/mol. The van der Waals surface area contributed by atoms with E-state index in [-0.39, 0.29) is 12.1 Å². The van der Waals surface area contributed by atoms with Crippen molar-refractivity contribution in [3.8, 4) is 0 Å². The number of hydrogen-bond acceptors (Lipinski definition) is 3. The molecule has 4 nitrogen and oxygen atoms in total. The van der Waals surface area contributed by atoms with Crippen molar-refractivity contribution < 1.29 is 13.6 Å². The van der Waals surface area contributed by atoms with Crippen LogP contribution in [-0.2, 0) is 13.0 Å². The van der Waals surface area contributed by atoms with Crippen molar-refractivity contribution >= 4 is 5.91 Å². The number of carbonyl (C=O) groups excluding carboxylic acids is 1. The van der Waals surface area contributed by atoms with Crippen LogP contribution in [-0.4, -0.2) is 10.9 Å². The van der Waals surface area contributed by atoms with E-state index in [0.29, 0.717) is 5.89 Å². The van der Waals surface area contributed by atoms with Gasteiger partial charge in [0.05, 0.1) is 18.3 Å². The fourth-order valence-corrected chi connectivity index (χ4v) is 1.65. The van der Waals surface area contributed by atoms with Crippen LogP contribution in [0.15, 0.2) is 28.8 Å². The summed E-state index contributed by atoms with van der Waals surface area (Å²) in [6, 6.07) is 4.49. The molecule has 2 aromatic rings. The second-order valence-corrected chi connectivity index (χ2v) is 4.24. The van der Waals surface area contributed by atoms with Crippen molar-refractivity contribution in [3.63, 3.8) is 0 Å². The molecule has 0 radical (unpaired) electrons. The van der Waals surface area contributed by atoms with E-state index < -0.39 is 11.7 Å². The SMILES string of the molecule is CCc1cnc(CNC(=O)c2ccc(C)cc2F)o1. The van der Waals surface area contributed by atoms with Gasteiger partial charge in [-0.1, -0.05) is 13.0 Å². The minimum absolute atomic E-state index is 0.0212. The molecule has 0 unspecified atom stereocenters. The maximum absolute atomic E-state index is 13.6. The summed E-state index contributed by atoms with van der Waals surface area (Å²) in [4.78, 5) is 15.8. The molecule has 1 aromatic carbocycles. The zero-order valence-electron chi connectivity index (χ0n) is 10.9. The van der Waals surface area contributed by atoms with E-state index in [0.717, 1.165) is 17.7 Å². The van der Waals surface area contributed by atoms with Crippen LogP contribution in [0.1, 0.15) is 34.5 Å². The number of carbonyl (C=O) groups is 1. The largest absolute Gasteiger partial charge is 0.444 e. The minimum atomic E-state index is -0.529. The number of aryl methyl sites for hydroxylation is 2. The van der Waals surface area contributed by atoms with E-state index >= 15 is 0 Å². The van der Waals surface area contributed by atoms with Crippen LogP contribution in [0.25, 0.3) is 0 Å². The molecular formula is C14H15FN2O2. The molecule has 0 aliphatic heterocycles. The summed E-state index contributed by atoms with van der Waals surface area (Å²) in [6.07, 6.45) is 2.36. The summed E-state index contributed by atoms with van der Waals surface area (Å²) >= 11 is 0. The number of benzene rings is 1. The van der Waals surface area contributed by atoms with Crippen molar-refractivity contribution in [2.45, 2.75) is 26.8 Å². The highest BCUT2D eigenvalue weighted by Gasteiger charge is 2.12. The summed E-state index contributed by atoms with van der Waals surface area (Å²) < 4.78 is 18.9. The fourth-order valence-electron chi connectivity index (χ4n) is 1.65. The Morgan fingerprint density at radius 2 is 2.26 bits per heavy atom. The number of aromatic nitrogens is 1. The topological polar surface area (TPSA) is 55.1 Å². The molecule has 1 N–H and O–H groups in total. The van der Waals surface area contributed by atoms with Gasteiger partial charge in [-0.3, -0.25) is 4.79 Å². The number of nitrogens with zero attached hydrogens (tertiary/aromatic N) is 1. The average Bonchev–Trinajstić information content (AvgIpc) is 2.84. The zero-order chi connectivity index (χ0) is 13.8. The van der Waals surface area contributed by atoms with Crippen LogP contribution in [0.3, 0.4) is 0 Å². The first-order valence-electron chi connectivity index (χ1n) is 6.08. The first kappa shape index (κ1) is 13.3. The maximum Gasteiger partial charge on any atom is 0.254 e. The van der Waals surface area contributed by atoms with Crippen LogP contribution in [0, 0.1) is 12.7 Å². The lowest BCUT2D eigenvalue weighted by molar-refractivity contribution is 0.0943. The number of oxazole rings is 1. The predicted octanol–water partition coefficient (Wildman–Crippen LogP) is 2.61. The molecule has 0 aliphatic rings. The molecule has 19 heavy (non-hydrogen) atoms. The minimum Gasteiger partial charge on any atom is -0.444 e. The van der Waals surface area contributed by atoms with Crippen molar-refractivity contribution in [2.75, 3.05) is 0 Å². The van der Waals surface area contributed by atoms with E-state index in [2.05, 4.69) is 10.3 Å². The maximum atomic E-state index is 13.6. The lowest BCUT2D eigenvalue weighted by Crippen LogP contribution is -2.24. The Bertz CT molecular complexity index is 593. The molecule has 0 spiro atoms. The van der Waals surface area contributed by atoms with Gasteiger partial charge in [-0.15, -0.1) is 0 Å². The fraction of sp³-hybridized carbons (Fsp3) is 0.286. The lowest BCUT2D eigenvalue weighted by atomic mass is 10.1. The quantitative estimate of drug-likeness (QED) is 0.921. The average molecular weight is 262 g/mol. The molecule has 0 saturated heterocycles. The third-order valence-corrected chi connectivity index (χ3v) is 2.72. The molecule has 1 amide bonds. The van der Waals surface area contributed by atoms with Crippen LogP contribution < -0.4 is 5.32 Å². The second kappa shape index (κ2) is 5.65. The summed E-state index contributed by atoms with van der Waals surface area (Å²) in [7, 11) is 0. The third kappa shape index (κ3) is 3.19. The molecule has 2 rings (SSSR count). The predicted molar refractivity (Wildman–Crippen MR) is 68.2 cm³/mol. The van der Waals surface area contributed by atoms with Crippen molar-refractivity contribution in [1.29, 1.82) is 0 Å². The highest BCUT2D eigenvalue weighted by Crippen LogP contribution is 2.10. The Hall–Kier alpha value is -2.17. The summed E-state index contributed by atoms with van der Waals surface area (Å²) in [6.45, 7) is 3.86. The van der Waals surface area contributed by atoms with Gasteiger partial charge in [-0.25, -0.2) is 9.37 Å². The Kier molecular flexibility index (Phi) is 3.94. The standard InChI is InChI=1S/C14H15FN2O2/c1-3-10-7-16-13(19-10)8-17-14(18)11-5-4-9(2)6-12(11)15/h4-7H,3,8H2,1-2H3,(H,17,18). The van der Waals surface area contributed by atoms with Gasteiger partial charge in [0.1, 0.15) is 11.6 Å². The Morgan fingerprint density at radius 1 is 1.47 bits per heavy atom. The molecule has 0 bridgehead atoms. The first-order chi connectivity index (χ1) is 9.10. The van der Waals surface area contributed by atoms with Gasteiger partial charge < -0.3 is 9.73 Å². The second-order valence-electron chi connectivity index (χ2n) is 4.24. The van der Waals surface area contributed by atoms with Gasteiger partial charge in [0.2, 0.25) is 5.89 Å². The molecule has 100 valence electrons. The van der Waals surface area contributed by atoms with E-state index in [9.17, 15) is 9.18 Å². The Labute approximate surface area is 110 Å². The van der Waals surface area contributed by atoms with Crippen LogP contribution in [0.5, 0.6) is 0 Å². The van der Waals surface area contributed by atoms with E-state index in [1.807, 2.05) is 6.92 Å². The summed E-state index contributed by atoms with van der Waals surface area (Å²) in [5.41, 5.74) is 0.794. The molecule has 1 heterocycles. The van der Waals surface area contributed by atoms with Crippen molar-refractivity contribution in [1.82, 2.24) is 10.3 Å². The summed E-state index contributed by atoms with van der Waals surface area (Å²) in [5, 5.41) is 2.58. The molecule has 5 heteroatoms. The van der Waals surface area contributed by atoms with Crippen LogP contribution in [0.4, 0.5) is 4.39 Å². The Balaban J connectivity index is 2.01. The molecule has 0 saturated carbocycles. The first-order valence-corrected chi connectivity index (χ1v) is 6.08. The number of halogens is 1. The number of nitrogens with one attached hydrogen (secondary N) is 1. The van der Waals surface area contributed by atoms with E-state index in [4.69, 9.17) is 4.42 Å². The Morgan fingerprint density at radius 3 is 2.89 bits per heavy atom.